The van der Waals surface area contributed by atoms with E-state index in [2.05, 4.69) is 12.2 Å². The molecule has 0 aliphatic heterocycles. The highest BCUT2D eigenvalue weighted by Gasteiger charge is 2.23. The molecule has 1 aliphatic carbocycles. The number of hydrogen-bond acceptors (Lipinski definition) is 2. The fourth-order valence-corrected chi connectivity index (χ4v) is 3.14. The average Bonchev–Trinajstić information content (AvgIpc) is 2.97. The van der Waals surface area contributed by atoms with Crippen molar-refractivity contribution in [1.82, 2.24) is 5.32 Å². The zero-order valence-electron chi connectivity index (χ0n) is 12.1. The van der Waals surface area contributed by atoms with E-state index < -0.39 is 0 Å². The molecule has 2 rings (SSSR count). The summed E-state index contributed by atoms with van der Waals surface area (Å²) in [5.41, 5.74) is 0. The molecule has 0 bridgehead atoms. The predicted molar refractivity (Wildman–Crippen MR) is 80.6 cm³/mol. The van der Waals surface area contributed by atoms with Crippen LogP contribution in [0.2, 0.25) is 0 Å². The van der Waals surface area contributed by atoms with Crippen molar-refractivity contribution in [2.75, 3.05) is 13.2 Å². The molecule has 2 heteroatoms. The summed E-state index contributed by atoms with van der Waals surface area (Å²) in [5.74, 6) is 1.89. The Kier molecular flexibility index (Phi) is 6.22. The molecule has 19 heavy (non-hydrogen) atoms. The summed E-state index contributed by atoms with van der Waals surface area (Å²) in [6, 6.07) is 10.8. The molecular weight excluding hydrogens is 234 g/mol. The van der Waals surface area contributed by atoms with Gasteiger partial charge in [0.25, 0.3) is 0 Å². The Morgan fingerprint density at radius 1 is 1.21 bits per heavy atom. The molecule has 1 aliphatic rings. The maximum Gasteiger partial charge on any atom is 0.119 e. The van der Waals surface area contributed by atoms with Crippen LogP contribution in [0.15, 0.2) is 30.3 Å². The average molecular weight is 261 g/mol. The van der Waals surface area contributed by atoms with Gasteiger partial charge in [0.1, 0.15) is 5.75 Å². The zero-order chi connectivity index (χ0) is 13.3. The predicted octanol–water partition coefficient (Wildman–Crippen LogP) is 4.01. The molecule has 1 fully saturated rings. The number of para-hydroxylation sites is 1. The van der Waals surface area contributed by atoms with Gasteiger partial charge < -0.3 is 10.1 Å². The molecule has 1 aromatic rings. The van der Waals surface area contributed by atoms with Gasteiger partial charge >= 0.3 is 0 Å². The maximum atomic E-state index is 5.77. The van der Waals surface area contributed by atoms with Gasteiger partial charge in [-0.25, -0.2) is 0 Å². The van der Waals surface area contributed by atoms with Crippen LogP contribution >= 0.6 is 0 Å². The Labute approximate surface area is 117 Å². The van der Waals surface area contributed by atoms with Gasteiger partial charge in [-0.3, -0.25) is 0 Å². The maximum absolute atomic E-state index is 5.77. The van der Waals surface area contributed by atoms with Crippen LogP contribution in [-0.2, 0) is 0 Å². The summed E-state index contributed by atoms with van der Waals surface area (Å²) in [7, 11) is 0. The Bertz CT molecular complexity index is 332. The van der Waals surface area contributed by atoms with Crippen LogP contribution in [0.25, 0.3) is 0 Å². The van der Waals surface area contributed by atoms with Crippen molar-refractivity contribution in [3.05, 3.63) is 30.3 Å². The minimum absolute atomic E-state index is 0.701. The van der Waals surface area contributed by atoms with E-state index in [0.717, 1.165) is 31.2 Å². The summed E-state index contributed by atoms with van der Waals surface area (Å²) < 4.78 is 5.77. The number of ether oxygens (including phenoxy) is 1. The topological polar surface area (TPSA) is 21.3 Å². The fourth-order valence-electron chi connectivity index (χ4n) is 3.14. The van der Waals surface area contributed by atoms with E-state index in [-0.39, 0.29) is 0 Å². The summed E-state index contributed by atoms with van der Waals surface area (Å²) in [6.45, 7) is 4.13. The third kappa shape index (κ3) is 4.87. The van der Waals surface area contributed by atoms with Crippen LogP contribution in [0.4, 0.5) is 0 Å². The van der Waals surface area contributed by atoms with Gasteiger partial charge in [0.2, 0.25) is 0 Å². The molecule has 1 unspecified atom stereocenters. The van der Waals surface area contributed by atoms with Gasteiger partial charge in [-0.15, -0.1) is 0 Å². The first-order valence-corrected chi connectivity index (χ1v) is 7.81. The quantitative estimate of drug-likeness (QED) is 0.714. The molecular formula is C17H27NO. The van der Waals surface area contributed by atoms with Crippen LogP contribution in [0.1, 0.15) is 45.4 Å². The third-order valence-electron chi connectivity index (χ3n) is 4.11. The molecule has 0 saturated heterocycles. The first-order valence-electron chi connectivity index (χ1n) is 7.81. The van der Waals surface area contributed by atoms with Gasteiger partial charge in [-0.1, -0.05) is 38.0 Å². The summed E-state index contributed by atoms with van der Waals surface area (Å²) >= 11 is 0. The molecule has 0 amide bonds. The van der Waals surface area contributed by atoms with Gasteiger partial charge in [-0.05, 0) is 50.3 Å². The van der Waals surface area contributed by atoms with Crippen LogP contribution in [0, 0.1) is 5.92 Å². The summed E-state index contributed by atoms with van der Waals surface area (Å²) in [4.78, 5) is 0. The molecule has 2 nitrogen and oxygen atoms in total. The Hall–Kier alpha value is -1.02. The standard InChI is InChI=1S/C17H27NO/c1-2-18-17(15-9-6-7-10-15)13-8-14-19-16-11-4-3-5-12-16/h3-5,11-12,15,17-18H,2,6-10,13-14H2,1H3. The highest BCUT2D eigenvalue weighted by atomic mass is 16.5. The Morgan fingerprint density at radius 3 is 2.63 bits per heavy atom. The molecule has 106 valence electrons. The van der Waals surface area contributed by atoms with Gasteiger partial charge in [0.05, 0.1) is 6.61 Å². The van der Waals surface area contributed by atoms with Crippen LogP contribution in [0.5, 0.6) is 5.75 Å². The fraction of sp³-hybridized carbons (Fsp3) is 0.647. The Balaban J connectivity index is 1.67. The number of benzene rings is 1. The SMILES string of the molecule is CCNC(CCCOc1ccccc1)C1CCCC1. The molecule has 0 radical (unpaired) electrons. The first kappa shape index (κ1) is 14.4. The van der Waals surface area contributed by atoms with Gasteiger partial charge in [-0.2, -0.15) is 0 Å². The summed E-state index contributed by atoms with van der Waals surface area (Å²) in [5, 5.41) is 3.67. The minimum Gasteiger partial charge on any atom is -0.494 e. The number of rotatable bonds is 8. The number of nitrogens with one attached hydrogen (secondary N) is 1. The second-order valence-electron chi connectivity index (χ2n) is 5.51. The minimum atomic E-state index is 0.701. The number of hydrogen-bond donors (Lipinski definition) is 1. The van der Waals surface area contributed by atoms with E-state index in [1.807, 2.05) is 30.3 Å². The third-order valence-corrected chi connectivity index (χ3v) is 4.11. The van der Waals surface area contributed by atoms with E-state index in [1.54, 1.807) is 0 Å². The lowest BCUT2D eigenvalue weighted by Crippen LogP contribution is -2.35. The molecule has 1 aromatic carbocycles. The molecule has 1 saturated carbocycles. The van der Waals surface area contributed by atoms with Crippen molar-refractivity contribution < 1.29 is 4.74 Å². The molecule has 0 aromatic heterocycles. The highest BCUT2D eigenvalue weighted by Crippen LogP contribution is 2.29. The second-order valence-corrected chi connectivity index (χ2v) is 5.51. The second kappa shape index (κ2) is 8.21. The smallest absolute Gasteiger partial charge is 0.119 e. The van der Waals surface area contributed by atoms with Gasteiger partial charge in [0.15, 0.2) is 0 Å². The van der Waals surface area contributed by atoms with Crippen molar-refractivity contribution in [1.29, 1.82) is 0 Å². The van der Waals surface area contributed by atoms with Crippen molar-refractivity contribution in [3.8, 4) is 5.75 Å². The lowest BCUT2D eigenvalue weighted by molar-refractivity contribution is 0.274. The lowest BCUT2D eigenvalue weighted by atomic mass is 9.94. The van der Waals surface area contributed by atoms with Crippen molar-refractivity contribution in [2.24, 2.45) is 5.92 Å². The van der Waals surface area contributed by atoms with E-state index in [4.69, 9.17) is 4.74 Å². The largest absolute Gasteiger partial charge is 0.494 e. The Morgan fingerprint density at radius 2 is 1.95 bits per heavy atom. The molecule has 1 N–H and O–H groups in total. The molecule has 0 spiro atoms. The van der Waals surface area contributed by atoms with Crippen LogP contribution in [0.3, 0.4) is 0 Å². The van der Waals surface area contributed by atoms with Crippen molar-refractivity contribution in [2.45, 2.75) is 51.5 Å². The van der Waals surface area contributed by atoms with E-state index in [1.165, 1.54) is 32.1 Å². The molecule has 1 atom stereocenters. The summed E-state index contributed by atoms with van der Waals surface area (Å²) in [6.07, 6.45) is 8.06. The first-order chi connectivity index (χ1) is 9.40. The van der Waals surface area contributed by atoms with Crippen molar-refractivity contribution >= 4 is 0 Å². The molecule has 0 heterocycles. The monoisotopic (exact) mass is 261 g/mol. The lowest BCUT2D eigenvalue weighted by Gasteiger charge is -2.24. The van der Waals surface area contributed by atoms with E-state index in [9.17, 15) is 0 Å². The normalized spacial score (nSPS) is 17.5. The van der Waals surface area contributed by atoms with E-state index >= 15 is 0 Å². The van der Waals surface area contributed by atoms with Gasteiger partial charge in [0, 0.05) is 6.04 Å². The van der Waals surface area contributed by atoms with Crippen molar-refractivity contribution in [3.63, 3.8) is 0 Å². The van der Waals surface area contributed by atoms with Crippen LogP contribution in [-0.4, -0.2) is 19.2 Å². The van der Waals surface area contributed by atoms with E-state index in [0.29, 0.717) is 6.04 Å². The van der Waals surface area contributed by atoms with Crippen LogP contribution < -0.4 is 10.1 Å². The highest BCUT2D eigenvalue weighted by molar-refractivity contribution is 5.20. The zero-order valence-corrected chi connectivity index (χ0v) is 12.1.